The summed E-state index contributed by atoms with van der Waals surface area (Å²) in [5.74, 6) is -1.88. The summed E-state index contributed by atoms with van der Waals surface area (Å²) in [6, 6.07) is -0.820. The largest absolute Gasteiger partial charge is 0.481 e. The molecule has 500 valence electrons. The summed E-state index contributed by atoms with van der Waals surface area (Å²) in [5.41, 5.74) is 5.43. The molecule has 0 spiro atoms. The van der Waals surface area contributed by atoms with E-state index in [2.05, 4.69) is 72.0 Å². The maximum Gasteiger partial charge on any atom is 0.321 e. The third-order valence-electron chi connectivity index (χ3n) is 12.4. The molecule has 4 fully saturated rings. The minimum Gasteiger partial charge on any atom is -0.481 e. The molecule has 9 rings (SSSR count). The summed E-state index contributed by atoms with van der Waals surface area (Å²) in [7, 11) is 3.05. The quantitative estimate of drug-likeness (QED) is 0.0106. The topological polar surface area (TPSA) is 371 Å². The fraction of sp³-hybridized carbons (Fsp3) is 0.550. The monoisotopic (exact) mass is 1350 g/mol. The number of carbonyl (C=O) groups is 4. The van der Waals surface area contributed by atoms with E-state index in [9.17, 15) is 19.2 Å². The predicted octanol–water partition coefficient (Wildman–Crippen LogP) is 9.17. The number of aromatic nitrogens is 5. The lowest BCUT2D eigenvalue weighted by Crippen LogP contribution is -2.32. The van der Waals surface area contributed by atoms with Crippen molar-refractivity contribution >= 4 is 51.3 Å². The van der Waals surface area contributed by atoms with Crippen molar-refractivity contribution in [3.63, 3.8) is 0 Å². The maximum absolute atomic E-state index is 11.1. The molecule has 28 nitrogen and oxygen atoms in total. The molecular formula is C60H86BrN7O21S. The number of aliphatic carboxylic acids is 2. The molecule has 0 aliphatic carbocycles. The van der Waals surface area contributed by atoms with Crippen molar-refractivity contribution < 1.29 is 99.3 Å². The second-order valence-corrected chi connectivity index (χ2v) is 20.9. The first-order chi connectivity index (χ1) is 43.6. The maximum atomic E-state index is 11.1. The Labute approximate surface area is 536 Å². The first kappa shape index (κ1) is 77.7. The lowest BCUT2D eigenvalue weighted by atomic mass is 10.1. The fourth-order valence-corrected chi connectivity index (χ4v) is 9.16. The molecule has 9 heterocycles. The molecule has 4 aliphatic rings. The van der Waals surface area contributed by atoms with E-state index in [0.29, 0.717) is 140 Å². The van der Waals surface area contributed by atoms with E-state index in [1.54, 1.807) is 50.1 Å². The highest BCUT2D eigenvalue weighted by molar-refractivity contribution is 9.09. The van der Waals surface area contributed by atoms with Gasteiger partial charge in [-0.15, -0.1) is 26.3 Å². The van der Waals surface area contributed by atoms with Gasteiger partial charge in [-0.25, -0.2) is 30.0 Å². The Bertz CT molecular complexity index is 2620. The van der Waals surface area contributed by atoms with Gasteiger partial charge >= 0.3 is 11.9 Å². The van der Waals surface area contributed by atoms with E-state index in [0.717, 1.165) is 36.8 Å². The van der Waals surface area contributed by atoms with E-state index in [4.69, 9.17) is 81.0 Å². The van der Waals surface area contributed by atoms with Crippen LogP contribution in [0.5, 0.6) is 0 Å². The Kier molecular flexibility index (Phi) is 38.7. The number of thioether (sulfide) groups is 1. The van der Waals surface area contributed by atoms with Crippen molar-refractivity contribution in [2.24, 2.45) is 5.73 Å². The number of ether oxygens (including phenoxy) is 8. The van der Waals surface area contributed by atoms with E-state index in [-0.39, 0.29) is 30.6 Å². The van der Waals surface area contributed by atoms with Crippen LogP contribution >= 0.6 is 27.7 Å². The van der Waals surface area contributed by atoms with Gasteiger partial charge in [0.05, 0.1) is 90.9 Å². The molecule has 0 bridgehead atoms. The number of hydrogen-bond acceptors (Lipinski definition) is 26. The van der Waals surface area contributed by atoms with Crippen LogP contribution in [0, 0.1) is 0 Å². The predicted molar refractivity (Wildman–Crippen MR) is 328 cm³/mol. The number of allylic oxidation sites excluding steroid dienone is 4. The summed E-state index contributed by atoms with van der Waals surface area (Å²) in [5, 5.41) is 27.6. The third-order valence-corrected chi connectivity index (χ3v) is 14.2. The number of carbonyl (C=O) groups excluding carboxylic acids is 2. The first-order valence-corrected chi connectivity index (χ1v) is 31.2. The van der Waals surface area contributed by atoms with Crippen LogP contribution in [-0.2, 0) is 80.3 Å². The number of nitrogens with two attached hydrogens (primary N) is 1. The van der Waals surface area contributed by atoms with E-state index in [1.807, 2.05) is 6.08 Å². The molecule has 4 saturated heterocycles. The van der Waals surface area contributed by atoms with Gasteiger partial charge in [-0.05, 0) is 50.7 Å². The van der Waals surface area contributed by atoms with E-state index in [1.165, 1.54) is 61.4 Å². The molecular weight excluding hydrogens is 1270 g/mol. The van der Waals surface area contributed by atoms with Crippen molar-refractivity contribution in [3.8, 4) is 0 Å². The molecule has 1 atom stereocenters. The number of alkyl halides is 1. The smallest absolute Gasteiger partial charge is 0.321 e. The minimum atomic E-state index is -0.976. The number of aliphatic hydroxyl groups is 1. The van der Waals surface area contributed by atoms with Crippen molar-refractivity contribution in [1.82, 2.24) is 30.0 Å². The molecule has 0 unspecified atom stereocenters. The van der Waals surface area contributed by atoms with E-state index >= 15 is 0 Å². The van der Waals surface area contributed by atoms with Crippen molar-refractivity contribution in [2.75, 3.05) is 90.5 Å². The van der Waals surface area contributed by atoms with Crippen LogP contribution in [0.4, 0.5) is 0 Å². The molecule has 5 aromatic heterocycles. The number of Topliss-reactive ketones (excluding diaryl/α,β-unsaturated/α-hetero) is 1. The summed E-state index contributed by atoms with van der Waals surface area (Å²) in [6.07, 6.45) is 30.8. The summed E-state index contributed by atoms with van der Waals surface area (Å²) >= 11 is 4.88. The number of hydroxylamine groups is 2. The summed E-state index contributed by atoms with van der Waals surface area (Å²) < 4.78 is 70.3. The number of aliphatic hydroxyl groups excluding tert-OH is 1. The average Bonchev–Trinajstić information content (AvgIpc) is 2.57. The zero-order chi connectivity index (χ0) is 65.8. The number of rotatable bonds is 31. The fourth-order valence-electron chi connectivity index (χ4n) is 7.97. The lowest BCUT2D eigenvalue weighted by Gasteiger charge is -2.23. The van der Waals surface area contributed by atoms with Crippen molar-refractivity contribution in [3.05, 3.63) is 142 Å². The second kappa shape index (κ2) is 44.9. The second-order valence-electron chi connectivity index (χ2n) is 18.9. The standard InChI is InChI=1S/C12H18N2O5S.C10H13NO3.C9H12BrNO3.C9H13NO4.C8H9NO2.C7H13NO2.C5H8O2/c13-9(10(15)16)8-20-7-1-2-12(18-5-6-19-12)11-14-3-4-17-11;1-2-3-4-10(13-7-8-14-10)9-11-5-6-12-9;10-3-1-2-9(13-6-7-14-9)8-11-4-5-12-8;11-4-1-2-9(13-6-7-14-9)8-10-3-5-12-8;1-2-3-4-7(10)8-9-5-6-11-8;1-4-5-6-7(9)8(2)10-3;1-2-3-4-5(6)7/h3-4,9H,1-2,5-8,13H2,(H,15,16);2,5-6H,1,3-4,7-8H2;4-5H,1-3,6-7H2;3,5,11H,1-2,4,6-7H2;2,5-6H,1,3-4H2;4H,1,5-6H2,2-3H3;2H,1,3-4H2,(H,6,7)/t9-;;;;;;/m0....../s1. The number of hydrogen-bond donors (Lipinski definition) is 4. The van der Waals surface area contributed by atoms with Gasteiger partial charge in [0.2, 0.25) is 34.8 Å². The van der Waals surface area contributed by atoms with Crippen LogP contribution < -0.4 is 5.73 Å². The Balaban J connectivity index is 0.000000280. The number of carboxylic acid groups (broad SMARTS) is 2. The Morgan fingerprint density at radius 1 is 0.589 bits per heavy atom. The van der Waals surface area contributed by atoms with Gasteiger partial charge in [-0.3, -0.25) is 24.0 Å². The molecule has 90 heavy (non-hydrogen) atoms. The number of nitrogens with zero attached hydrogens (tertiary/aromatic N) is 6. The summed E-state index contributed by atoms with van der Waals surface area (Å²) in [4.78, 5) is 66.9. The van der Waals surface area contributed by atoms with Crippen LogP contribution in [0.25, 0.3) is 0 Å². The van der Waals surface area contributed by atoms with Gasteiger partial charge in [-0.2, -0.15) is 11.8 Å². The van der Waals surface area contributed by atoms with Gasteiger partial charge in [-0.1, -0.05) is 40.2 Å². The minimum absolute atomic E-state index is 0.0256. The van der Waals surface area contributed by atoms with Gasteiger partial charge in [0.15, 0.2) is 0 Å². The van der Waals surface area contributed by atoms with Crippen LogP contribution in [0.2, 0.25) is 0 Å². The van der Waals surface area contributed by atoms with Crippen LogP contribution in [0.1, 0.15) is 124 Å². The van der Waals surface area contributed by atoms with Crippen molar-refractivity contribution in [2.45, 2.75) is 119 Å². The van der Waals surface area contributed by atoms with Gasteiger partial charge in [0.1, 0.15) is 37.4 Å². The molecule has 0 saturated carbocycles. The Hall–Kier alpha value is -6.52. The normalized spacial score (nSPS) is 16.3. The number of amides is 1. The first-order valence-electron chi connectivity index (χ1n) is 28.9. The highest BCUT2D eigenvalue weighted by atomic mass is 79.9. The molecule has 0 aromatic carbocycles. The van der Waals surface area contributed by atoms with E-state index < -0.39 is 41.1 Å². The number of oxazole rings is 5. The highest BCUT2D eigenvalue weighted by Crippen LogP contribution is 2.38. The van der Waals surface area contributed by atoms with Gasteiger partial charge in [0.25, 0.3) is 29.5 Å². The Morgan fingerprint density at radius 3 is 1.30 bits per heavy atom. The SMILES string of the molecule is BrCCCC1(c2ncco2)OCCO1.C=CCCC(=O)N(C)OC.C=CCCC(=O)O.C=CCCC(=O)c1ncco1.C=CCCC1(c2ncco2)OCCO1.N[C@@H](CSCCCC1(c2ncco2)OCCO1)C(=O)O.OCCCC1(c2ncco2)OCCO1. The number of ketones is 1. The molecule has 4 aliphatic heterocycles. The number of halogens is 1. The molecule has 5 aromatic rings. The highest BCUT2D eigenvalue weighted by Gasteiger charge is 2.45. The Morgan fingerprint density at radius 2 is 0.967 bits per heavy atom. The summed E-state index contributed by atoms with van der Waals surface area (Å²) in [6.45, 7) is 18.6. The zero-order valence-electron chi connectivity index (χ0n) is 51.1. The van der Waals surface area contributed by atoms with Gasteiger partial charge < -0.3 is 81.0 Å². The third kappa shape index (κ3) is 27.5. The van der Waals surface area contributed by atoms with Crippen LogP contribution in [0.15, 0.2) is 135 Å². The molecule has 1 amide bonds. The lowest BCUT2D eigenvalue weighted by molar-refractivity contribution is -0.188. The molecule has 0 radical (unpaired) electrons. The molecule has 30 heteroatoms. The number of carboxylic acids is 2. The molecule has 5 N–H and O–H groups in total. The van der Waals surface area contributed by atoms with Gasteiger partial charge in [0, 0.05) is 69.7 Å². The van der Waals surface area contributed by atoms with Crippen LogP contribution in [0.3, 0.4) is 0 Å². The average molecular weight is 1350 g/mol. The zero-order valence-corrected chi connectivity index (χ0v) is 53.5. The van der Waals surface area contributed by atoms with Crippen molar-refractivity contribution in [1.29, 1.82) is 0 Å². The van der Waals surface area contributed by atoms with Crippen LogP contribution in [-0.4, -0.2) is 165 Å².